The van der Waals surface area contributed by atoms with Gasteiger partial charge in [0.2, 0.25) is 0 Å². The minimum Gasteiger partial charge on any atom is -0.396 e. The monoisotopic (exact) mass is 399 g/mol. The second-order valence-electron chi connectivity index (χ2n) is 7.72. The van der Waals surface area contributed by atoms with Gasteiger partial charge in [-0.1, -0.05) is 13.8 Å². The lowest BCUT2D eigenvalue weighted by Crippen LogP contribution is -2.33. The van der Waals surface area contributed by atoms with Gasteiger partial charge in [0, 0.05) is 56.4 Å². The molecule has 2 amide bonds. The molecule has 3 heterocycles. The maximum atomic E-state index is 12.8. The number of benzene rings is 1. The van der Waals surface area contributed by atoms with E-state index in [0.29, 0.717) is 19.0 Å². The highest BCUT2D eigenvalue weighted by molar-refractivity contribution is 7.18. The van der Waals surface area contributed by atoms with Crippen molar-refractivity contribution in [2.24, 2.45) is 13.0 Å². The maximum Gasteiger partial charge on any atom is 0.321 e. The number of hydrogen-bond donors (Lipinski definition) is 2. The SMILES string of the molecule is CC(C)c1nc2ccc(NC(=O)N3C[C@@H](CO)[C@H](c4cnn(C)c4)C3)cc2s1. The van der Waals surface area contributed by atoms with Crippen molar-refractivity contribution in [2.75, 3.05) is 25.0 Å². The average molecular weight is 400 g/mol. The van der Waals surface area contributed by atoms with Crippen LogP contribution in [0.25, 0.3) is 10.2 Å². The van der Waals surface area contributed by atoms with Crippen LogP contribution in [0.15, 0.2) is 30.6 Å². The average Bonchev–Trinajstić information content (AvgIpc) is 3.38. The first-order valence-corrected chi connectivity index (χ1v) is 10.3. The quantitative estimate of drug-likeness (QED) is 0.704. The van der Waals surface area contributed by atoms with Crippen molar-refractivity contribution in [3.8, 4) is 0 Å². The number of hydrogen-bond acceptors (Lipinski definition) is 5. The van der Waals surface area contributed by atoms with E-state index in [1.54, 1.807) is 20.9 Å². The van der Waals surface area contributed by atoms with E-state index in [1.165, 1.54) is 0 Å². The Balaban J connectivity index is 1.48. The van der Waals surface area contributed by atoms with Crippen molar-refractivity contribution in [3.05, 3.63) is 41.2 Å². The van der Waals surface area contributed by atoms with Gasteiger partial charge < -0.3 is 15.3 Å². The smallest absolute Gasteiger partial charge is 0.321 e. The molecular formula is C20H25N5O2S. The van der Waals surface area contributed by atoms with Crippen LogP contribution in [0, 0.1) is 5.92 Å². The van der Waals surface area contributed by atoms with E-state index in [-0.39, 0.29) is 24.5 Å². The van der Waals surface area contributed by atoms with Crippen LogP contribution in [-0.4, -0.2) is 50.5 Å². The number of rotatable bonds is 4. The van der Waals surface area contributed by atoms with E-state index in [4.69, 9.17) is 0 Å². The molecule has 0 saturated carbocycles. The number of fused-ring (bicyclic) bond motifs is 1. The minimum atomic E-state index is -0.141. The third kappa shape index (κ3) is 3.62. The van der Waals surface area contributed by atoms with E-state index in [1.807, 2.05) is 37.6 Å². The van der Waals surface area contributed by atoms with Crippen molar-refractivity contribution >= 4 is 33.3 Å². The van der Waals surface area contributed by atoms with Gasteiger partial charge in [-0.2, -0.15) is 5.10 Å². The third-order valence-electron chi connectivity index (χ3n) is 5.27. The lowest BCUT2D eigenvalue weighted by atomic mass is 9.92. The molecule has 2 aromatic heterocycles. The lowest BCUT2D eigenvalue weighted by molar-refractivity contribution is 0.207. The topological polar surface area (TPSA) is 83.3 Å². The predicted octanol–water partition coefficient (Wildman–Crippen LogP) is 3.39. The molecule has 1 aromatic carbocycles. The number of aromatic nitrogens is 3. The van der Waals surface area contributed by atoms with Crippen molar-refractivity contribution in [3.63, 3.8) is 0 Å². The van der Waals surface area contributed by atoms with Gasteiger partial charge in [-0.25, -0.2) is 9.78 Å². The lowest BCUT2D eigenvalue weighted by Gasteiger charge is -2.17. The molecule has 7 nitrogen and oxygen atoms in total. The molecule has 1 fully saturated rings. The summed E-state index contributed by atoms with van der Waals surface area (Å²) in [4.78, 5) is 19.2. The van der Waals surface area contributed by atoms with Crippen LogP contribution < -0.4 is 5.32 Å². The van der Waals surface area contributed by atoms with Gasteiger partial charge in [0.15, 0.2) is 0 Å². The maximum absolute atomic E-state index is 12.8. The molecule has 0 aliphatic carbocycles. The first kappa shape index (κ1) is 18.9. The van der Waals surface area contributed by atoms with Gasteiger partial charge >= 0.3 is 6.03 Å². The molecule has 1 aliphatic rings. The fraction of sp³-hybridized carbons (Fsp3) is 0.450. The molecule has 1 saturated heterocycles. The molecular weight excluding hydrogens is 374 g/mol. The van der Waals surface area contributed by atoms with Crippen LogP contribution in [0.4, 0.5) is 10.5 Å². The second kappa shape index (κ2) is 7.52. The molecule has 28 heavy (non-hydrogen) atoms. The van der Waals surface area contributed by atoms with Gasteiger partial charge in [-0.05, 0) is 23.8 Å². The number of amides is 2. The summed E-state index contributed by atoms with van der Waals surface area (Å²) >= 11 is 1.66. The number of likely N-dealkylation sites (tertiary alicyclic amines) is 1. The first-order valence-electron chi connectivity index (χ1n) is 9.50. The molecule has 3 aromatic rings. The molecule has 8 heteroatoms. The normalized spacial score (nSPS) is 19.7. The number of aliphatic hydroxyl groups is 1. The van der Waals surface area contributed by atoms with Crippen LogP contribution in [0.5, 0.6) is 0 Å². The third-order valence-corrected chi connectivity index (χ3v) is 6.58. The number of carbonyl (C=O) groups is 1. The summed E-state index contributed by atoms with van der Waals surface area (Å²) in [6.45, 7) is 5.41. The summed E-state index contributed by atoms with van der Waals surface area (Å²) in [7, 11) is 1.87. The van der Waals surface area contributed by atoms with Crippen molar-refractivity contribution in [2.45, 2.75) is 25.7 Å². The summed E-state index contributed by atoms with van der Waals surface area (Å²) in [6, 6.07) is 5.68. The Morgan fingerprint density at radius 1 is 1.39 bits per heavy atom. The molecule has 4 rings (SSSR count). The summed E-state index contributed by atoms with van der Waals surface area (Å²) in [6.07, 6.45) is 3.78. The summed E-state index contributed by atoms with van der Waals surface area (Å²) in [5, 5.41) is 18.1. The second-order valence-corrected chi connectivity index (χ2v) is 8.78. The first-order chi connectivity index (χ1) is 13.4. The minimum absolute atomic E-state index is 0.0209. The number of aliphatic hydroxyl groups excluding tert-OH is 1. The summed E-state index contributed by atoms with van der Waals surface area (Å²) in [5.74, 6) is 0.509. The number of anilines is 1. The van der Waals surface area contributed by atoms with E-state index in [2.05, 4.69) is 29.2 Å². The van der Waals surface area contributed by atoms with Gasteiger partial charge in [-0.15, -0.1) is 11.3 Å². The highest BCUT2D eigenvalue weighted by Gasteiger charge is 2.36. The van der Waals surface area contributed by atoms with Gasteiger partial charge in [0.1, 0.15) is 0 Å². The van der Waals surface area contributed by atoms with E-state index >= 15 is 0 Å². The Morgan fingerprint density at radius 2 is 2.21 bits per heavy atom. The van der Waals surface area contributed by atoms with E-state index in [9.17, 15) is 9.90 Å². The molecule has 1 aliphatic heterocycles. The molecule has 2 atom stereocenters. The standard InChI is InChI=1S/C20H25N5O2S/c1-12(2)19-23-17-5-4-15(6-18(17)28-19)22-20(27)25-9-14(11-26)16(10-25)13-7-21-24(3)8-13/h4-8,12,14,16,26H,9-11H2,1-3H3,(H,22,27)/t14-,16-/m0/s1. The Hall–Kier alpha value is -2.45. The van der Waals surface area contributed by atoms with E-state index < -0.39 is 0 Å². The van der Waals surface area contributed by atoms with Crippen LogP contribution in [-0.2, 0) is 7.05 Å². The van der Waals surface area contributed by atoms with Crippen LogP contribution in [0.3, 0.4) is 0 Å². The summed E-state index contributed by atoms with van der Waals surface area (Å²) < 4.78 is 2.83. The van der Waals surface area contributed by atoms with Crippen molar-refractivity contribution in [1.82, 2.24) is 19.7 Å². The van der Waals surface area contributed by atoms with Gasteiger partial charge in [-0.3, -0.25) is 4.68 Å². The Kier molecular flexibility index (Phi) is 5.07. The largest absolute Gasteiger partial charge is 0.396 e. The van der Waals surface area contributed by atoms with Crippen LogP contribution in [0.1, 0.15) is 36.3 Å². The predicted molar refractivity (Wildman–Crippen MR) is 111 cm³/mol. The number of nitrogens with zero attached hydrogens (tertiary/aromatic N) is 4. The molecule has 0 spiro atoms. The number of thiazole rings is 1. The Bertz CT molecular complexity index is 996. The molecule has 0 unspecified atom stereocenters. The molecule has 0 radical (unpaired) electrons. The van der Waals surface area contributed by atoms with Gasteiger partial charge in [0.25, 0.3) is 0 Å². The van der Waals surface area contributed by atoms with Gasteiger partial charge in [0.05, 0.1) is 21.4 Å². The molecule has 0 bridgehead atoms. The number of aryl methyl sites for hydroxylation is 1. The van der Waals surface area contributed by atoms with Crippen LogP contribution >= 0.6 is 11.3 Å². The zero-order valence-corrected chi connectivity index (χ0v) is 17.1. The fourth-order valence-corrected chi connectivity index (χ4v) is 4.71. The number of urea groups is 1. The highest BCUT2D eigenvalue weighted by atomic mass is 32.1. The molecule has 2 N–H and O–H groups in total. The Morgan fingerprint density at radius 3 is 2.89 bits per heavy atom. The zero-order valence-electron chi connectivity index (χ0n) is 16.3. The van der Waals surface area contributed by atoms with Crippen molar-refractivity contribution in [1.29, 1.82) is 0 Å². The fourth-order valence-electron chi connectivity index (χ4n) is 3.70. The highest BCUT2D eigenvalue weighted by Crippen LogP contribution is 2.33. The number of carbonyl (C=O) groups excluding carboxylic acids is 1. The van der Waals surface area contributed by atoms with E-state index in [0.717, 1.165) is 26.5 Å². The Labute approximate surface area is 168 Å². The number of nitrogens with one attached hydrogen (secondary N) is 1. The van der Waals surface area contributed by atoms with Crippen molar-refractivity contribution < 1.29 is 9.90 Å². The summed E-state index contributed by atoms with van der Waals surface area (Å²) in [5.41, 5.74) is 2.79. The van der Waals surface area contributed by atoms with Crippen LogP contribution in [0.2, 0.25) is 0 Å². The zero-order chi connectivity index (χ0) is 19.8. The molecule has 148 valence electrons.